The average molecular weight is 364 g/mol. The van der Waals surface area contributed by atoms with Gasteiger partial charge in [-0.3, -0.25) is 10.1 Å². The number of nitro groups is 1. The lowest BCUT2D eigenvalue weighted by atomic mass is 10.2. The highest BCUT2D eigenvalue weighted by molar-refractivity contribution is 5.81. The molecule has 0 saturated heterocycles. The number of aryl methyl sites for hydroxylation is 2. The second-order valence-corrected chi connectivity index (χ2v) is 6.29. The molecule has 0 fully saturated rings. The van der Waals surface area contributed by atoms with Gasteiger partial charge in [0.1, 0.15) is 12.4 Å². The summed E-state index contributed by atoms with van der Waals surface area (Å²) >= 11 is 0. The van der Waals surface area contributed by atoms with Crippen molar-refractivity contribution in [3.63, 3.8) is 0 Å². The first-order chi connectivity index (χ1) is 13.0. The van der Waals surface area contributed by atoms with E-state index in [1.807, 2.05) is 39.0 Å². The zero-order valence-electron chi connectivity index (χ0n) is 15.4. The van der Waals surface area contributed by atoms with E-state index < -0.39 is 4.92 Å². The number of rotatable bonds is 6. The Kier molecular flexibility index (Phi) is 5.30. The van der Waals surface area contributed by atoms with Gasteiger partial charge >= 0.3 is 0 Å². The summed E-state index contributed by atoms with van der Waals surface area (Å²) in [5.41, 5.74) is 4.85. The summed E-state index contributed by atoms with van der Waals surface area (Å²) in [5.74, 6) is 0.863. The highest BCUT2D eigenvalue weighted by atomic mass is 16.6. The molecule has 27 heavy (non-hydrogen) atoms. The van der Waals surface area contributed by atoms with Crippen LogP contribution < -0.4 is 0 Å². The van der Waals surface area contributed by atoms with Gasteiger partial charge in [0.05, 0.1) is 11.1 Å². The molecule has 0 aliphatic rings. The van der Waals surface area contributed by atoms with Crippen LogP contribution in [0.3, 0.4) is 0 Å². The van der Waals surface area contributed by atoms with Gasteiger partial charge in [0, 0.05) is 35.3 Å². The van der Waals surface area contributed by atoms with E-state index >= 15 is 0 Å². The fourth-order valence-corrected chi connectivity index (χ4v) is 2.88. The van der Waals surface area contributed by atoms with Crippen LogP contribution in [0, 0.1) is 30.9 Å². The van der Waals surface area contributed by atoms with Crippen molar-refractivity contribution in [1.29, 1.82) is 0 Å². The molecule has 3 rings (SSSR count). The number of nitrogens with zero attached hydrogens (tertiary/aromatic N) is 4. The first-order valence-electron chi connectivity index (χ1n) is 8.46. The van der Waals surface area contributed by atoms with Crippen LogP contribution in [0.25, 0.3) is 5.82 Å². The van der Waals surface area contributed by atoms with Crippen LogP contribution in [0.2, 0.25) is 0 Å². The van der Waals surface area contributed by atoms with Crippen LogP contribution in [0.4, 0.5) is 5.69 Å². The average Bonchev–Trinajstić information content (AvgIpc) is 2.92. The van der Waals surface area contributed by atoms with Gasteiger partial charge in [-0.05, 0) is 50.1 Å². The minimum absolute atomic E-state index is 0.0364. The van der Waals surface area contributed by atoms with Crippen molar-refractivity contribution in [3.05, 3.63) is 86.9 Å². The molecule has 2 aromatic heterocycles. The van der Waals surface area contributed by atoms with Crippen LogP contribution in [-0.4, -0.2) is 20.7 Å². The predicted octanol–water partition coefficient (Wildman–Crippen LogP) is 4.26. The maximum absolute atomic E-state index is 10.8. The van der Waals surface area contributed by atoms with Crippen molar-refractivity contribution < 1.29 is 9.76 Å². The molecule has 7 heteroatoms. The second kappa shape index (κ2) is 7.82. The Morgan fingerprint density at radius 1 is 1.22 bits per heavy atom. The van der Waals surface area contributed by atoms with Gasteiger partial charge in [-0.1, -0.05) is 17.3 Å². The molecule has 0 aliphatic carbocycles. The number of hydrogen-bond donors (Lipinski definition) is 0. The van der Waals surface area contributed by atoms with Crippen molar-refractivity contribution in [3.8, 4) is 5.82 Å². The summed E-state index contributed by atoms with van der Waals surface area (Å²) in [5, 5.41) is 14.8. The SMILES string of the molecule is Cc1ccnc(-n2c(C)cc(/C=N\OCc3cccc([N+](=O)[O-])c3)c2C)c1. The fraction of sp³-hybridized carbons (Fsp3) is 0.200. The number of non-ortho nitro benzene ring substituents is 1. The third-order valence-electron chi connectivity index (χ3n) is 4.22. The Morgan fingerprint density at radius 2 is 2.04 bits per heavy atom. The molecule has 138 valence electrons. The number of aromatic nitrogens is 2. The van der Waals surface area contributed by atoms with E-state index in [1.165, 1.54) is 12.1 Å². The van der Waals surface area contributed by atoms with Gasteiger partial charge in [0.2, 0.25) is 0 Å². The van der Waals surface area contributed by atoms with Crippen LogP contribution >= 0.6 is 0 Å². The summed E-state index contributed by atoms with van der Waals surface area (Å²) in [7, 11) is 0. The summed E-state index contributed by atoms with van der Waals surface area (Å²) in [6.07, 6.45) is 3.44. The normalized spacial score (nSPS) is 11.1. The molecule has 0 unspecified atom stereocenters. The van der Waals surface area contributed by atoms with Crippen molar-refractivity contribution >= 4 is 11.9 Å². The van der Waals surface area contributed by atoms with Crippen LogP contribution in [0.15, 0.2) is 53.8 Å². The van der Waals surface area contributed by atoms with Gasteiger partial charge in [0.25, 0.3) is 5.69 Å². The highest BCUT2D eigenvalue weighted by Crippen LogP contribution is 2.19. The molecule has 2 heterocycles. The number of benzene rings is 1. The van der Waals surface area contributed by atoms with Gasteiger partial charge in [0.15, 0.2) is 0 Å². The lowest BCUT2D eigenvalue weighted by Gasteiger charge is -2.08. The summed E-state index contributed by atoms with van der Waals surface area (Å²) in [4.78, 5) is 20.1. The minimum Gasteiger partial charge on any atom is -0.391 e. The lowest BCUT2D eigenvalue weighted by molar-refractivity contribution is -0.384. The van der Waals surface area contributed by atoms with E-state index in [1.54, 1.807) is 24.5 Å². The number of oxime groups is 1. The molecular weight excluding hydrogens is 344 g/mol. The maximum atomic E-state index is 10.8. The lowest BCUT2D eigenvalue weighted by Crippen LogP contribution is -2.02. The fourth-order valence-electron chi connectivity index (χ4n) is 2.88. The Bertz CT molecular complexity index is 1010. The van der Waals surface area contributed by atoms with Gasteiger partial charge in [-0.15, -0.1) is 0 Å². The van der Waals surface area contributed by atoms with Crippen LogP contribution in [0.1, 0.15) is 28.1 Å². The van der Waals surface area contributed by atoms with Crippen molar-refractivity contribution in [2.24, 2.45) is 5.16 Å². The summed E-state index contributed by atoms with van der Waals surface area (Å²) < 4.78 is 2.06. The Balaban J connectivity index is 1.72. The summed E-state index contributed by atoms with van der Waals surface area (Å²) in [6.45, 7) is 6.21. The summed E-state index contributed by atoms with van der Waals surface area (Å²) in [6, 6.07) is 12.3. The zero-order chi connectivity index (χ0) is 19.4. The molecule has 0 atom stereocenters. The molecule has 0 amide bonds. The van der Waals surface area contributed by atoms with E-state index in [0.717, 1.165) is 28.3 Å². The molecule has 0 aliphatic heterocycles. The number of pyridine rings is 1. The smallest absolute Gasteiger partial charge is 0.269 e. The molecule has 1 aromatic carbocycles. The third-order valence-corrected chi connectivity index (χ3v) is 4.22. The largest absolute Gasteiger partial charge is 0.391 e. The van der Waals surface area contributed by atoms with Gasteiger partial charge in [-0.2, -0.15) is 0 Å². The molecule has 3 aromatic rings. The van der Waals surface area contributed by atoms with E-state index in [-0.39, 0.29) is 12.3 Å². The third kappa shape index (κ3) is 4.20. The topological polar surface area (TPSA) is 82.5 Å². The van der Waals surface area contributed by atoms with Crippen molar-refractivity contribution in [2.45, 2.75) is 27.4 Å². The monoisotopic (exact) mass is 364 g/mol. The Hall–Kier alpha value is -3.48. The quantitative estimate of drug-likeness (QED) is 0.372. The number of nitro benzene ring substituents is 1. The van der Waals surface area contributed by atoms with E-state index in [9.17, 15) is 10.1 Å². The maximum Gasteiger partial charge on any atom is 0.269 e. The number of hydrogen-bond acceptors (Lipinski definition) is 5. The second-order valence-electron chi connectivity index (χ2n) is 6.29. The van der Waals surface area contributed by atoms with Gasteiger partial charge in [-0.25, -0.2) is 4.98 Å². The molecular formula is C20H20N4O3. The predicted molar refractivity (Wildman–Crippen MR) is 103 cm³/mol. The first-order valence-corrected chi connectivity index (χ1v) is 8.46. The Morgan fingerprint density at radius 3 is 2.78 bits per heavy atom. The highest BCUT2D eigenvalue weighted by Gasteiger charge is 2.10. The molecule has 0 spiro atoms. The van der Waals surface area contributed by atoms with E-state index in [4.69, 9.17) is 4.84 Å². The molecule has 0 bridgehead atoms. The van der Waals surface area contributed by atoms with Gasteiger partial charge < -0.3 is 9.40 Å². The molecule has 0 N–H and O–H groups in total. The van der Waals surface area contributed by atoms with Crippen LogP contribution in [-0.2, 0) is 11.4 Å². The Labute approximate surface area is 157 Å². The van der Waals surface area contributed by atoms with Crippen LogP contribution in [0.5, 0.6) is 0 Å². The standard InChI is InChI=1S/C20H20N4O3/c1-14-7-8-21-20(9-14)23-15(2)10-18(16(23)3)12-22-27-13-17-5-4-6-19(11-17)24(25)26/h4-12H,13H2,1-3H3/b22-12-. The van der Waals surface area contributed by atoms with E-state index in [2.05, 4.69) is 14.7 Å². The first kappa shape index (κ1) is 18.3. The zero-order valence-corrected chi connectivity index (χ0v) is 15.4. The minimum atomic E-state index is -0.430. The molecule has 0 radical (unpaired) electrons. The van der Waals surface area contributed by atoms with Crippen molar-refractivity contribution in [1.82, 2.24) is 9.55 Å². The van der Waals surface area contributed by atoms with E-state index in [0.29, 0.717) is 5.56 Å². The molecule has 0 saturated carbocycles. The van der Waals surface area contributed by atoms with Crippen molar-refractivity contribution in [2.75, 3.05) is 0 Å². The molecule has 7 nitrogen and oxygen atoms in total.